The van der Waals surface area contributed by atoms with Gasteiger partial charge in [-0.2, -0.15) is 4.41 Å². The van der Waals surface area contributed by atoms with Crippen LogP contribution in [0, 0.1) is 6.92 Å². The Morgan fingerprint density at radius 1 is 1.30 bits per heavy atom. The van der Waals surface area contributed by atoms with Crippen LogP contribution in [0.15, 0.2) is 49.3 Å². The van der Waals surface area contributed by atoms with Crippen molar-refractivity contribution in [3.8, 4) is 0 Å². The Morgan fingerprint density at radius 2 is 1.95 bits per heavy atom. The highest BCUT2D eigenvalue weighted by Gasteiger charge is 2.15. The number of aryl methyl sites for hydroxylation is 1. The molecule has 7 heteroatoms. The van der Waals surface area contributed by atoms with Crippen molar-refractivity contribution >= 4 is 22.7 Å². The van der Waals surface area contributed by atoms with Crippen LogP contribution in [0.1, 0.15) is 11.4 Å². The van der Waals surface area contributed by atoms with Gasteiger partial charge in [-0.05, 0) is 19.1 Å². The zero-order valence-corrected chi connectivity index (χ0v) is 11.7. The molecule has 6 nitrogen and oxygen atoms in total. The second kappa shape index (κ2) is 6.27. The van der Waals surface area contributed by atoms with Crippen molar-refractivity contribution in [2.24, 2.45) is 0 Å². The van der Waals surface area contributed by atoms with Crippen LogP contribution >= 0.6 is 0 Å². The molecule has 1 aromatic heterocycles. The summed E-state index contributed by atoms with van der Waals surface area (Å²) in [7, 11) is 0. The molecule has 0 spiro atoms. The molecule has 1 aromatic carbocycles. The second-order valence-corrected chi connectivity index (χ2v) is 4.77. The fraction of sp³-hybridized carbons (Fsp3) is 0.0769. The van der Waals surface area contributed by atoms with Gasteiger partial charge in [-0.25, -0.2) is 4.21 Å². The van der Waals surface area contributed by atoms with E-state index in [9.17, 15) is 8.76 Å². The highest BCUT2D eigenvalue weighted by molar-refractivity contribution is 7.80. The summed E-state index contributed by atoms with van der Waals surface area (Å²) in [5.74, 6) is 0. The molecule has 1 atom stereocenters. The number of nitrogens with zero attached hydrogens (tertiary/aromatic N) is 3. The average Bonchev–Trinajstić information content (AvgIpc) is 2.45. The molecule has 0 aliphatic carbocycles. The first-order valence-corrected chi connectivity index (χ1v) is 6.85. The van der Waals surface area contributed by atoms with Gasteiger partial charge in [-0.3, -0.25) is 19.9 Å². The molecule has 0 saturated heterocycles. The van der Waals surface area contributed by atoms with E-state index in [0.29, 0.717) is 22.8 Å². The Labute approximate surface area is 119 Å². The first kappa shape index (κ1) is 14.2. The number of hydrazine groups is 1. The zero-order chi connectivity index (χ0) is 14.5. The van der Waals surface area contributed by atoms with Gasteiger partial charge in [-0.1, -0.05) is 24.8 Å². The molecule has 0 aliphatic rings. The Kier molecular flexibility index (Phi) is 4.44. The summed E-state index contributed by atoms with van der Waals surface area (Å²) >= 11 is -2.24. The van der Waals surface area contributed by atoms with Crippen LogP contribution in [-0.2, 0) is 11.3 Å². The molecule has 0 amide bonds. The van der Waals surface area contributed by atoms with E-state index in [2.05, 4.69) is 22.0 Å². The molecule has 2 rings (SSSR count). The summed E-state index contributed by atoms with van der Waals surface area (Å²) in [4.78, 5) is 8.26. The molecule has 2 aromatic rings. The molecular formula is C13H14N4O2S. The molecule has 0 saturated carbocycles. The minimum absolute atomic E-state index is 0.391. The predicted octanol–water partition coefficient (Wildman–Crippen LogP) is 1.90. The summed E-state index contributed by atoms with van der Waals surface area (Å²) < 4.78 is 21.9. The summed E-state index contributed by atoms with van der Waals surface area (Å²) in [5, 5.41) is 0. The number of para-hydroxylation sites is 1. The van der Waals surface area contributed by atoms with Crippen molar-refractivity contribution in [3.63, 3.8) is 0 Å². The van der Waals surface area contributed by atoms with Crippen LogP contribution in [0.5, 0.6) is 0 Å². The summed E-state index contributed by atoms with van der Waals surface area (Å²) in [6.07, 6.45) is 3.11. The van der Waals surface area contributed by atoms with Crippen molar-refractivity contribution in [3.05, 3.63) is 60.7 Å². The third-order valence-corrected chi connectivity index (χ3v) is 3.16. The van der Waals surface area contributed by atoms with Gasteiger partial charge in [0.15, 0.2) is 0 Å². The van der Waals surface area contributed by atoms with Gasteiger partial charge in [-0.15, -0.1) is 0 Å². The Bertz CT molecular complexity index is 633. The van der Waals surface area contributed by atoms with Gasteiger partial charge in [0.25, 0.3) is 11.3 Å². The molecule has 0 bridgehead atoms. The topological polar surface area (TPSA) is 78.4 Å². The summed E-state index contributed by atoms with van der Waals surface area (Å²) in [6, 6.07) is 8.78. The standard InChI is InChI=1S/C13H14N4O2S/c1-10-13(15-9-8-14-10)11(2)16-17(20(18)19)12-6-4-3-5-7-12/h3-9,16H,2H2,1H3,(H,18,19). The maximum atomic E-state index is 11.4. The first-order chi connectivity index (χ1) is 9.59. The molecular weight excluding hydrogens is 276 g/mol. The van der Waals surface area contributed by atoms with E-state index in [0.717, 1.165) is 4.41 Å². The fourth-order valence-corrected chi connectivity index (χ4v) is 2.13. The first-order valence-electron chi connectivity index (χ1n) is 5.79. The maximum absolute atomic E-state index is 11.4. The zero-order valence-electron chi connectivity index (χ0n) is 10.9. The number of benzene rings is 1. The quantitative estimate of drug-likeness (QED) is 0.649. The van der Waals surface area contributed by atoms with E-state index >= 15 is 0 Å². The van der Waals surface area contributed by atoms with E-state index in [1.54, 1.807) is 37.4 Å². The lowest BCUT2D eigenvalue weighted by atomic mass is 10.3. The molecule has 0 radical (unpaired) electrons. The Balaban J connectivity index is 2.24. The van der Waals surface area contributed by atoms with E-state index in [1.807, 2.05) is 6.07 Å². The van der Waals surface area contributed by atoms with Crippen LogP contribution in [0.25, 0.3) is 5.70 Å². The van der Waals surface area contributed by atoms with E-state index in [1.165, 1.54) is 6.20 Å². The number of rotatable bonds is 5. The molecule has 0 fully saturated rings. The van der Waals surface area contributed by atoms with Gasteiger partial charge in [0, 0.05) is 12.4 Å². The number of aromatic nitrogens is 2. The van der Waals surface area contributed by atoms with Gasteiger partial charge in [0.1, 0.15) is 5.69 Å². The van der Waals surface area contributed by atoms with E-state index in [4.69, 9.17) is 0 Å². The minimum Gasteiger partial charge on any atom is -0.288 e. The maximum Gasteiger partial charge on any atom is 0.281 e. The van der Waals surface area contributed by atoms with Crippen LogP contribution in [-0.4, -0.2) is 18.7 Å². The molecule has 20 heavy (non-hydrogen) atoms. The van der Waals surface area contributed by atoms with Crippen LogP contribution in [0.3, 0.4) is 0 Å². The Morgan fingerprint density at radius 3 is 2.55 bits per heavy atom. The highest BCUT2D eigenvalue weighted by Crippen LogP contribution is 2.16. The number of hydrogen-bond donors (Lipinski definition) is 2. The van der Waals surface area contributed by atoms with Gasteiger partial charge in [0.05, 0.1) is 17.1 Å². The SMILES string of the molecule is C=C(NN(c1ccccc1)S(=O)O)c1nccnc1C. The van der Waals surface area contributed by atoms with E-state index < -0.39 is 11.3 Å². The largest absolute Gasteiger partial charge is 0.288 e. The van der Waals surface area contributed by atoms with Gasteiger partial charge < -0.3 is 0 Å². The molecule has 1 unspecified atom stereocenters. The van der Waals surface area contributed by atoms with E-state index in [-0.39, 0.29) is 0 Å². The van der Waals surface area contributed by atoms with Crippen molar-refractivity contribution in [2.45, 2.75) is 6.92 Å². The summed E-state index contributed by atoms with van der Waals surface area (Å²) in [6.45, 7) is 5.62. The third-order valence-electron chi connectivity index (χ3n) is 2.55. The van der Waals surface area contributed by atoms with Crippen molar-refractivity contribution in [1.29, 1.82) is 0 Å². The van der Waals surface area contributed by atoms with Crippen molar-refractivity contribution in [1.82, 2.24) is 15.4 Å². The third kappa shape index (κ3) is 3.19. The normalized spacial score (nSPS) is 11.7. The van der Waals surface area contributed by atoms with Crippen molar-refractivity contribution < 1.29 is 8.76 Å². The lowest BCUT2D eigenvalue weighted by molar-refractivity contribution is 0.555. The molecule has 104 valence electrons. The monoisotopic (exact) mass is 290 g/mol. The average molecular weight is 290 g/mol. The second-order valence-electron chi connectivity index (χ2n) is 3.94. The van der Waals surface area contributed by atoms with Crippen molar-refractivity contribution in [2.75, 3.05) is 4.41 Å². The van der Waals surface area contributed by atoms with Gasteiger partial charge >= 0.3 is 0 Å². The number of hydrogen-bond acceptors (Lipinski definition) is 4. The molecule has 0 aliphatic heterocycles. The van der Waals surface area contributed by atoms with Gasteiger partial charge in [0.2, 0.25) is 0 Å². The predicted molar refractivity (Wildman–Crippen MR) is 78.6 cm³/mol. The lowest BCUT2D eigenvalue weighted by Crippen LogP contribution is -2.38. The molecule has 1 heterocycles. The molecule has 2 N–H and O–H groups in total. The number of anilines is 1. The summed E-state index contributed by atoms with van der Waals surface area (Å²) in [5.41, 5.74) is 4.93. The number of nitrogens with one attached hydrogen (secondary N) is 1. The lowest BCUT2D eigenvalue weighted by Gasteiger charge is -2.22. The Hall–Kier alpha value is -2.25. The minimum atomic E-state index is -2.24. The van der Waals surface area contributed by atoms with Crippen LogP contribution in [0.4, 0.5) is 5.69 Å². The van der Waals surface area contributed by atoms with Crippen LogP contribution in [0.2, 0.25) is 0 Å². The smallest absolute Gasteiger partial charge is 0.281 e. The fourth-order valence-electron chi connectivity index (χ4n) is 1.64. The highest BCUT2D eigenvalue weighted by atomic mass is 32.2. The van der Waals surface area contributed by atoms with Crippen LogP contribution < -0.4 is 9.84 Å².